The molecule has 26 heavy (non-hydrogen) atoms. The lowest BCUT2D eigenvalue weighted by atomic mass is 9.78. The van der Waals surface area contributed by atoms with E-state index >= 15 is 0 Å². The van der Waals surface area contributed by atoms with E-state index in [1.165, 1.54) is 0 Å². The van der Waals surface area contributed by atoms with Gasteiger partial charge in [0.2, 0.25) is 0 Å². The number of para-hydroxylation sites is 1. The van der Waals surface area contributed by atoms with Crippen molar-refractivity contribution in [2.45, 2.75) is 26.2 Å². The molecule has 0 saturated heterocycles. The molecule has 0 fully saturated rings. The highest BCUT2D eigenvalue weighted by molar-refractivity contribution is 5.91. The highest BCUT2D eigenvalue weighted by atomic mass is 16.5. The number of ether oxygens (including phenoxy) is 1. The molecule has 132 valence electrons. The van der Waals surface area contributed by atoms with E-state index in [0.717, 1.165) is 16.7 Å². The van der Waals surface area contributed by atoms with Gasteiger partial charge in [-0.05, 0) is 41.8 Å². The highest BCUT2D eigenvalue weighted by Crippen LogP contribution is 2.36. The molecule has 0 aromatic heterocycles. The Kier molecular flexibility index (Phi) is 4.81. The number of hydrogen-bond acceptors (Lipinski definition) is 2. The smallest absolute Gasteiger partial charge is 0.339 e. The van der Waals surface area contributed by atoms with Crippen LogP contribution < -0.4 is 4.74 Å². The largest absolute Gasteiger partial charge is 0.478 e. The summed E-state index contributed by atoms with van der Waals surface area (Å²) in [5, 5.41) is 9.54. The quantitative estimate of drug-likeness (QED) is 0.634. The Morgan fingerprint density at radius 2 is 1.50 bits per heavy atom. The zero-order valence-corrected chi connectivity index (χ0v) is 15.2. The van der Waals surface area contributed by atoms with Crippen LogP contribution in [0.4, 0.5) is 0 Å². The van der Waals surface area contributed by atoms with Gasteiger partial charge >= 0.3 is 5.97 Å². The number of benzene rings is 3. The van der Waals surface area contributed by atoms with Crippen LogP contribution in [0.15, 0.2) is 72.8 Å². The van der Waals surface area contributed by atoms with Gasteiger partial charge in [-0.15, -0.1) is 0 Å². The minimum atomic E-state index is -1.00. The molecule has 1 N–H and O–H groups in total. The summed E-state index contributed by atoms with van der Waals surface area (Å²) in [7, 11) is 0. The van der Waals surface area contributed by atoms with E-state index in [9.17, 15) is 9.90 Å². The Balaban J connectivity index is 2.07. The topological polar surface area (TPSA) is 46.5 Å². The molecule has 3 aromatic rings. The van der Waals surface area contributed by atoms with Crippen molar-refractivity contribution >= 4 is 5.97 Å². The Morgan fingerprint density at radius 1 is 0.846 bits per heavy atom. The van der Waals surface area contributed by atoms with Crippen molar-refractivity contribution in [2.75, 3.05) is 0 Å². The van der Waals surface area contributed by atoms with Gasteiger partial charge in [-0.2, -0.15) is 0 Å². The van der Waals surface area contributed by atoms with Crippen molar-refractivity contribution in [1.82, 2.24) is 0 Å². The predicted octanol–water partition coefficient (Wildman–Crippen LogP) is 5.81. The van der Waals surface area contributed by atoms with E-state index in [-0.39, 0.29) is 11.0 Å². The van der Waals surface area contributed by atoms with Crippen molar-refractivity contribution in [2.24, 2.45) is 0 Å². The summed E-state index contributed by atoms with van der Waals surface area (Å²) in [4.78, 5) is 11.6. The van der Waals surface area contributed by atoms with Crippen molar-refractivity contribution in [3.8, 4) is 11.5 Å². The van der Waals surface area contributed by atoms with Gasteiger partial charge in [0.25, 0.3) is 0 Å². The molecule has 0 spiro atoms. The summed E-state index contributed by atoms with van der Waals surface area (Å²) in [6, 6.07) is 23.1. The van der Waals surface area contributed by atoms with E-state index in [2.05, 4.69) is 26.0 Å². The third kappa shape index (κ3) is 3.47. The molecule has 0 bridgehead atoms. The van der Waals surface area contributed by atoms with Gasteiger partial charge in [0, 0.05) is 5.41 Å². The fourth-order valence-corrected chi connectivity index (χ4v) is 2.98. The number of carboxylic acid groups (broad SMARTS) is 1. The first-order valence-electron chi connectivity index (χ1n) is 8.56. The van der Waals surface area contributed by atoms with Gasteiger partial charge in [-0.3, -0.25) is 0 Å². The van der Waals surface area contributed by atoms with Crippen LogP contribution in [-0.2, 0) is 5.41 Å². The predicted molar refractivity (Wildman–Crippen MR) is 103 cm³/mol. The molecule has 3 heteroatoms. The summed E-state index contributed by atoms with van der Waals surface area (Å²) in [6.07, 6.45) is 0. The summed E-state index contributed by atoms with van der Waals surface area (Å²) in [5.74, 6) is 0.00984. The Morgan fingerprint density at radius 3 is 2.15 bits per heavy atom. The lowest BCUT2D eigenvalue weighted by Gasteiger charge is -2.27. The lowest BCUT2D eigenvalue weighted by Crippen LogP contribution is -2.19. The zero-order chi connectivity index (χ0) is 18.7. The van der Waals surface area contributed by atoms with E-state index in [4.69, 9.17) is 4.74 Å². The van der Waals surface area contributed by atoms with Crippen LogP contribution in [0.25, 0.3) is 0 Å². The van der Waals surface area contributed by atoms with Crippen LogP contribution in [0.1, 0.15) is 40.9 Å². The molecule has 0 unspecified atom stereocenters. The Labute approximate surface area is 153 Å². The van der Waals surface area contributed by atoms with Gasteiger partial charge in [0.05, 0.1) is 0 Å². The second-order valence-corrected chi connectivity index (χ2v) is 6.87. The Hall–Kier alpha value is -3.07. The van der Waals surface area contributed by atoms with Gasteiger partial charge in [0.15, 0.2) is 0 Å². The molecule has 0 heterocycles. The van der Waals surface area contributed by atoms with Gasteiger partial charge in [-0.1, -0.05) is 68.4 Å². The molecule has 0 aliphatic carbocycles. The molecule has 0 atom stereocenters. The molecule has 0 aliphatic rings. The maximum absolute atomic E-state index is 11.6. The van der Waals surface area contributed by atoms with Crippen molar-refractivity contribution < 1.29 is 14.6 Å². The zero-order valence-electron chi connectivity index (χ0n) is 15.2. The molecule has 0 saturated carbocycles. The summed E-state index contributed by atoms with van der Waals surface area (Å²) in [5.41, 5.74) is 2.99. The maximum atomic E-state index is 11.6. The first-order valence-corrected chi connectivity index (χ1v) is 8.56. The van der Waals surface area contributed by atoms with Gasteiger partial charge in [0.1, 0.15) is 17.1 Å². The number of carboxylic acids is 1. The van der Waals surface area contributed by atoms with Crippen LogP contribution in [0.3, 0.4) is 0 Å². The van der Waals surface area contributed by atoms with Crippen LogP contribution in [0, 0.1) is 6.92 Å². The van der Waals surface area contributed by atoms with Crippen molar-refractivity contribution in [3.05, 3.63) is 95.1 Å². The fourth-order valence-electron chi connectivity index (χ4n) is 2.98. The number of rotatable bonds is 5. The van der Waals surface area contributed by atoms with Crippen molar-refractivity contribution in [3.63, 3.8) is 0 Å². The fraction of sp³-hybridized carbons (Fsp3) is 0.174. The normalized spacial score (nSPS) is 11.2. The highest BCUT2D eigenvalue weighted by Gasteiger charge is 2.25. The van der Waals surface area contributed by atoms with E-state index < -0.39 is 5.97 Å². The van der Waals surface area contributed by atoms with Crippen LogP contribution in [0.2, 0.25) is 0 Å². The molecular weight excluding hydrogens is 324 g/mol. The van der Waals surface area contributed by atoms with E-state index in [1.54, 1.807) is 6.07 Å². The van der Waals surface area contributed by atoms with Gasteiger partial charge < -0.3 is 9.84 Å². The van der Waals surface area contributed by atoms with E-state index in [0.29, 0.717) is 11.5 Å². The second-order valence-electron chi connectivity index (χ2n) is 6.87. The van der Waals surface area contributed by atoms with E-state index in [1.807, 2.05) is 61.5 Å². The van der Waals surface area contributed by atoms with Crippen LogP contribution in [0.5, 0.6) is 11.5 Å². The lowest BCUT2D eigenvalue weighted by molar-refractivity contribution is 0.0694. The monoisotopic (exact) mass is 346 g/mol. The summed E-state index contributed by atoms with van der Waals surface area (Å²) in [6.45, 7) is 6.18. The first-order chi connectivity index (χ1) is 12.4. The third-order valence-electron chi connectivity index (χ3n) is 4.74. The average molecular weight is 346 g/mol. The molecular formula is C23H22O3. The number of aryl methyl sites for hydroxylation is 1. The molecule has 3 nitrogen and oxygen atoms in total. The van der Waals surface area contributed by atoms with Crippen molar-refractivity contribution in [1.29, 1.82) is 0 Å². The van der Waals surface area contributed by atoms with Crippen LogP contribution in [-0.4, -0.2) is 11.1 Å². The summed E-state index contributed by atoms with van der Waals surface area (Å²) < 4.78 is 5.99. The van der Waals surface area contributed by atoms with Gasteiger partial charge in [-0.25, -0.2) is 4.79 Å². The number of aromatic carboxylic acids is 1. The molecule has 3 aromatic carbocycles. The molecule has 0 radical (unpaired) electrons. The second kappa shape index (κ2) is 7.04. The molecule has 3 rings (SSSR count). The first kappa shape index (κ1) is 17.7. The van der Waals surface area contributed by atoms with Crippen LogP contribution >= 0.6 is 0 Å². The average Bonchev–Trinajstić information content (AvgIpc) is 2.64. The number of hydrogen-bond donors (Lipinski definition) is 1. The maximum Gasteiger partial charge on any atom is 0.339 e. The minimum absolute atomic E-state index is 0.154. The summed E-state index contributed by atoms with van der Waals surface area (Å²) >= 11 is 0. The standard InChI is InChI=1S/C23H22O3/c1-16-9-7-8-12-20(16)26-21-15-18(13-14-19(21)22(24)25)23(2,3)17-10-5-4-6-11-17/h4-15H,1-3H3,(H,24,25). The third-order valence-corrected chi connectivity index (χ3v) is 4.74. The number of carbonyl (C=O) groups is 1. The molecule has 0 aliphatic heterocycles. The SMILES string of the molecule is Cc1ccccc1Oc1cc(C(C)(C)c2ccccc2)ccc1C(=O)O. The molecule has 0 amide bonds. The minimum Gasteiger partial charge on any atom is -0.478 e. The Bertz CT molecular complexity index is 927.